The molecule has 4 aromatic rings. The Labute approximate surface area is 227 Å². The molecular formula is C28H32N4O4S2. The number of ether oxygens (including phenoxy) is 1. The summed E-state index contributed by atoms with van der Waals surface area (Å²) in [4.78, 5) is 23.1. The van der Waals surface area contributed by atoms with Crippen molar-refractivity contribution in [3.05, 3.63) is 69.6 Å². The first-order chi connectivity index (χ1) is 17.8. The number of thiophene rings is 1. The summed E-state index contributed by atoms with van der Waals surface area (Å²) in [6.07, 6.45) is 0. The second kappa shape index (κ2) is 10.3. The molecule has 2 aromatic heterocycles. The molecule has 4 rings (SSSR count). The molecule has 0 saturated carbocycles. The monoisotopic (exact) mass is 552 g/mol. The Bertz CT molecular complexity index is 1640. The Morgan fingerprint density at radius 2 is 1.63 bits per heavy atom. The first-order valence-electron chi connectivity index (χ1n) is 12.3. The van der Waals surface area contributed by atoms with Crippen molar-refractivity contribution < 1.29 is 17.9 Å². The molecule has 2 heterocycles. The van der Waals surface area contributed by atoms with Crippen molar-refractivity contribution in [1.82, 2.24) is 9.97 Å². The van der Waals surface area contributed by atoms with Gasteiger partial charge in [0.2, 0.25) is 0 Å². The Kier molecular flexibility index (Phi) is 7.49. The zero-order valence-electron chi connectivity index (χ0n) is 22.6. The number of fused-ring (bicyclic) bond motifs is 1. The largest absolute Gasteiger partial charge is 0.462 e. The average Bonchev–Trinajstić information content (AvgIpc) is 3.11. The summed E-state index contributed by atoms with van der Waals surface area (Å²) in [5.41, 5.74) is 3.57. The zero-order valence-corrected chi connectivity index (χ0v) is 24.2. The van der Waals surface area contributed by atoms with Gasteiger partial charge in [0.15, 0.2) is 11.6 Å². The van der Waals surface area contributed by atoms with Crippen LogP contribution < -0.4 is 10.0 Å². The van der Waals surface area contributed by atoms with Gasteiger partial charge >= 0.3 is 5.97 Å². The van der Waals surface area contributed by atoms with Crippen molar-refractivity contribution in [2.75, 3.05) is 16.6 Å². The summed E-state index contributed by atoms with van der Waals surface area (Å²) in [5, 5.41) is 3.68. The number of hydrogen-bond acceptors (Lipinski definition) is 8. The maximum absolute atomic E-state index is 13.7. The molecular weight excluding hydrogens is 520 g/mol. The summed E-state index contributed by atoms with van der Waals surface area (Å²) < 4.78 is 35.3. The highest BCUT2D eigenvalue weighted by Crippen LogP contribution is 2.37. The van der Waals surface area contributed by atoms with Crippen LogP contribution in [0.25, 0.3) is 11.0 Å². The van der Waals surface area contributed by atoms with E-state index in [9.17, 15) is 13.2 Å². The number of sulfonamides is 1. The van der Waals surface area contributed by atoms with Crippen molar-refractivity contribution in [1.29, 1.82) is 0 Å². The number of esters is 1. The quantitative estimate of drug-likeness (QED) is 0.247. The standard InChI is InChI=1S/C28H32N4O4S2/c1-8-36-27(33)23-17(3)18(4)37-26(23)31-24-25(30-21-12-10-9-11-20(21)29-24)32-38(34,35)22-15-19(28(5,6)7)14-13-16(22)2/h9-15H,8H2,1-7H3,(H,29,31)(H,30,32). The minimum atomic E-state index is -4.03. The molecule has 0 amide bonds. The Morgan fingerprint density at radius 3 is 2.24 bits per heavy atom. The lowest BCUT2D eigenvalue weighted by Gasteiger charge is -2.21. The predicted molar refractivity (Wildman–Crippen MR) is 153 cm³/mol. The predicted octanol–water partition coefficient (Wildman–Crippen LogP) is 6.64. The summed E-state index contributed by atoms with van der Waals surface area (Å²) in [5.74, 6) is -0.242. The van der Waals surface area contributed by atoms with Crippen LogP contribution in [0.15, 0.2) is 47.4 Å². The van der Waals surface area contributed by atoms with Gasteiger partial charge in [0, 0.05) is 4.88 Å². The zero-order chi connectivity index (χ0) is 27.8. The number of aromatic nitrogens is 2. The summed E-state index contributed by atoms with van der Waals surface area (Å²) in [6.45, 7) is 13.6. The minimum Gasteiger partial charge on any atom is -0.462 e. The number of rotatable bonds is 7. The van der Waals surface area contributed by atoms with Crippen LogP contribution in [0.1, 0.15) is 59.6 Å². The lowest BCUT2D eigenvalue weighted by atomic mass is 9.87. The topological polar surface area (TPSA) is 110 Å². The van der Waals surface area contributed by atoms with Gasteiger partial charge < -0.3 is 10.1 Å². The molecule has 0 aliphatic carbocycles. The number of hydrogen-bond donors (Lipinski definition) is 2. The van der Waals surface area contributed by atoms with E-state index >= 15 is 0 Å². The van der Waals surface area contributed by atoms with Crippen LogP contribution in [0.3, 0.4) is 0 Å². The highest BCUT2D eigenvalue weighted by atomic mass is 32.2. The molecule has 200 valence electrons. The van der Waals surface area contributed by atoms with Crippen molar-refractivity contribution in [2.45, 2.75) is 58.8 Å². The van der Waals surface area contributed by atoms with Gasteiger partial charge in [0.25, 0.3) is 10.0 Å². The molecule has 0 unspecified atom stereocenters. The van der Waals surface area contributed by atoms with Gasteiger partial charge in [0.05, 0.1) is 28.1 Å². The molecule has 0 saturated heterocycles. The number of para-hydroxylation sites is 2. The third-order valence-electron chi connectivity index (χ3n) is 6.24. The molecule has 0 radical (unpaired) electrons. The van der Waals surface area contributed by atoms with E-state index in [0.717, 1.165) is 16.0 Å². The number of carbonyl (C=O) groups is 1. The normalized spacial score (nSPS) is 12.0. The van der Waals surface area contributed by atoms with Crippen LogP contribution in [-0.2, 0) is 20.2 Å². The van der Waals surface area contributed by atoms with Crippen LogP contribution in [0, 0.1) is 20.8 Å². The molecule has 0 fully saturated rings. The van der Waals surface area contributed by atoms with E-state index in [1.807, 2.05) is 58.9 Å². The molecule has 0 spiro atoms. The highest BCUT2D eigenvalue weighted by Gasteiger charge is 2.26. The van der Waals surface area contributed by atoms with Gasteiger partial charge in [0.1, 0.15) is 5.00 Å². The third kappa shape index (κ3) is 5.51. The molecule has 10 heteroatoms. The average molecular weight is 553 g/mol. The Balaban J connectivity index is 1.83. The van der Waals surface area contributed by atoms with Crippen molar-refractivity contribution in [3.8, 4) is 0 Å². The van der Waals surface area contributed by atoms with Gasteiger partial charge in [-0.3, -0.25) is 4.72 Å². The van der Waals surface area contributed by atoms with Crippen molar-refractivity contribution in [3.63, 3.8) is 0 Å². The van der Waals surface area contributed by atoms with E-state index < -0.39 is 16.0 Å². The van der Waals surface area contributed by atoms with E-state index in [-0.39, 0.29) is 28.6 Å². The SMILES string of the molecule is CCOC(=O)c1c(Nc2nc3ccccc3nc2NS(=O)(=O)c2cc(C(C)(C)C)ccc2C)sc(C)c1C. The van der Waals surface area contributed by atoms with Gasteiger partial charge in [-0.05, 0) is 68.0 Å². The van der Waals surface area contributed by atoms with E-state index in [0.29, 0.717) is 27.2 Å². The van der Waals surface area contributed by atoms with Gasteiger partial charge in [-0.15, -0.1) is 11.3 Å². The Hall–Kier alpha value is -3.50. The van der Waals surface area contributed by atoms with Gasteiger partial charge in [-0.2, -0.15) is 0 Å². The molecule has 38 heavy (non-hydrogen) atoms. The van der Waals surface area contributed by atoms with Crippen LogP contribution in [0.4, 0.5) is 16.6 Å². The van der Waals surface area contributed by atoms with E-state index in [2.05, 4.69) is 20.0 Å². The number of anilines is 3. The lowest BCUT2D eigenvalue weighted by Crippen LogP contribution is -2.19. The van der Waals surface area contributed by atoms with Gasteiger partial charge in [-0.25, -0.2) is 23.2 Å². The molecule has 0 atom stereocenters. The maximum Gasteiger partial charge on any atom is 0.341 e. The summed E-state index contributed by atoms with van der Waals surface area (Å²) in [7, 11) is -4.03. The second-order valence-corrected chi connectivity index (χ2v) is 13.0. The smallest absolute Gasteiger partial charge is 0.341 e. The number of nitrogens with one attached hydrogen (secondary N) is 2. The molecule has 2 N–H and O–H groups in total. The maximum atomic E-state index is 13.7. The summed E-state index contributed by atoms with van der Waals surface area (Å²) >= 11 is 1.37. The van der Waals surface area contributed by atoms with Crippen molar-refractivity contribution in [2.24, 2.45) is 0 Å². The molecule has 0 bridgehead atoms. The first kappa shape index (κ1) is 27.5. The van der Waals surface area contributed by atoms with E-state index in [4.69, 9.17) is 4.74 Å². The fourth-order valence-electron chi connectivity index (χ4n) is 3.97. The van der Waals surface area contributed by atoms with Gasteiger partial charge in [-0.1, -0.05) is 45.0 Å². The van der Waals surface area contributed by atoms with E-state index in [1.165, 1.54) is 11.3 Å². The number of benzene rings is 2. The molecule has 0 aliphatic heterocycles. The second-order valence-electron chi connectivity index (χ2n) is 10.1. The molecule has 8 nitrogen and oxygen atoms in total. The Morgan fingerprint density at radius 1 is 1.00 bits per heavy atom. The fraction of sp³-hybridized carbons (Fsp3) is 0.321. The highest BCUT2D eigenvalue weighted by molar-refractivity contribution is 7.92. The fourth-order valence-corrected chi connectivity index (χ4v) is 6.30. The van der Waals surface area contributed by atoms with Crippen molar-refractivity contribution >= 4 is 55.0 Å². The lowest BCUT2D eigenvalue weighted by molar-refractivity contribution is 0.0527. The van der Waals surface area contributed by atoms with Crippen LogP contribution in [0.5, 0.6) is 0 Å². The number of nitrogens with zero attached hydrogens (tertiary/aromatic N) is 2. The van der Waals surface area contributed by atoms with Crippen LogP contribution in [-0.4, -0.2) is 31.0 Å². The molecule has 2 aromatic carbocycles. The first-order valence-corrected chi connectivity index (χ1v) is 14.6. The number of carbonyl (C=O) groups excluding carboxylic acids is 1. The minimum absolute atomic E-state index is 0.0303. The van der Waals surface area contributed by atoms with Crippen LogP contribution in [0.2, 0.25) is 0 Å². The van der Waals surface area contributed by atoms with E-state index in [1.54, 1.807) is 32.0 Å². The third-order valence-corrected chi connectivity index (χ3v) is 8.85. The molecule has 0 aliphatic rings. The number of aryl methyl sites for hydroxylation is 2. The van der Waals surface area contributed by atoms with Crippen LogP contribution >= 0.6 is 11.3 Å². The summed E-state index contributed by atoms with van der Waals surface area (Å²) in [6, 6.07) is 12.6.